The average molecular weight is 771 g/mol. The molecule has 2 aromatic heterocycles. The van der Waals surface area contributed by atoms with Gasteiger partial charge in [0.05, 0.1) is 29.9 Å². The molecule has 2 aliphatic heterocycles. The van der Waals surface area contributed by atoms with E-state index in [0.29, 0.717) is 18.5 Å². The Labute approximate surface area is 332 Å². The van der Waals surface area contributed by atoms with Crippen molar-refractivity contribution in [3.8, 4) is 5.75 Å². The normalized spacial score (nSPS) is 17.3. The van der Waals surface area contributed by atoms with E-state index >= 15 is 0 Å². The number of aromatic hydroxyl groups is 1. The van der Waals surface area contributed by atoms with E-state index in [-0.39, 0.29) is 68.4 Å². The maximum Gasteiger partial charge on any atom is 0.256 e. The van der Waals surface area contributed by atoms with Crippen molar-refractivity contribution in [3.63, 3.8) is 0 Å². The smallest absolute Gasteiger partial charge is 0.256 e. The second kappa shape index (κ2) is 16.1. The molecule has 2 atom stereocenters. The first-order valence-corrected chi connectivity index (χ1v) is 19.3. The first-order valence-electron chi connectivity index (χ1n) is 19.3. The number of hydrogen-bond donors (Lipinski definition) is 1. The van der Waals surface area contributed by atoms with Gasteiger partial charge in [-0.25, -0.2) is 10.0 Å². The number of benzene rings is 3. The molecule has 0 aliphatic carbocycles. The van der Waals surface area contributed by atoms with Crippen molar-refractivity contribution in [2.75, 3.05) is 26.7 Å². The van der Waals surface area contributed by atoms with Crippen LogP contribution in [0.4, 0.5) is 0 Å². The minimum atomic E-state index is -0.908. The SMILES string of the molecule is C=CCN1CC(=O)N2[C@@H](Cc3ccc(O)cc3)C(=O)N(Cc3cccc4c(C(=O)N(C)Cc5c(C)nn(C)c5C)cn(C)c34)C[C@@H]2N1C(=O)CCc1ccccc1. The Balaban J connectivity index is 1.23. The van der Waals surface area contributed by atoms with Crippen LogP contribution in [0.1, 0.15) is 50.4 Å². The number of hydrogen-bond acceptors (Lipinski definition) is 7. The molecule has 13 nitrogen and oxygen atoms in total. The molecule has 4 heterocycles. The molecular formula is C44H50N8O5. The van der Waals surface area contributed by atoms with Gasteiger partial charge >= 0.3 is 0 Å². The molecule has 5 aromatic rings. The lowest BCUT2D eigenvalue weighted by Crippen LogP contribution is -2.75. The molecule has 0 spiro atoms. The summed E-state index contributed by atoms with van der Waals surface area (Å²) in [4.78, 5) is 62.2. The molecule has 13 heteroatoms. The number of carbonyl (C=O) groups excluding carboxylic acids is 4. The van der Waals surface area contributed by atoms with Crippen molar-refractivity contribution in [3.05, 3.63) is 131 Å². The van der Waals surface area contributed by atoms with Gasteiger partial charge in [0.25, 0.3) is 5.91 Å². The van der Waals surface area contributed by atoms with Crippen molar-refractivity contribution in [1.29, 1.82) is 0 Å². The van der Waals surface area contributed by atoms with Crippen molar-refractivity contribution < 1.29 is 24.3 Å². The van der Waals surface area contributed by atoms with Gasteiger partial charge in [0, 0.05) is 76.5 Å². The Morgan fingerprint density at radius 1 is 0.982 bits per heavy atom. The predicted molar refractivity (Wildman–Crippen MR) is 216 cm³/mol. The van der Waals surface area contributed by atoms with Crippen molar-refractivity contribution in [1.82, 2.24) is 39.1 Å². The highest BCUT2D eigenvalue weighted by Crippen LogP contribution is 2.32. The highest BCUT2D eigenvalue weighted by molar-refractivity contribution is 6.07. The number of amides is 4. The molecule has 0 radical (unpaired) electrons. The van der Waals surface area contributed by atoms with Crippen molar-refractivity contribution in [2.24, 2.45) is 14.1 Å². The topological polar surface area (TPSA) is 127 Å². The van der Waals surface area contributed by atoms with Crippen LogP contribution in [0, 0.1) is 13.8 Å². The van der Waals surface area contributed by atoms with Crippen LogP contribution in [-0.2, 0) is 54.4 Å². The molecule has 296 valence electrons. The summed E-state index contributed by atoms with van der Waals surface area (Å²) < 4.78 is 3.75. The van der Waals surface area contributed by atoms with E-state index in [0.717, 1.165) is 44.5 Å². The van der Waals surface area contributed by atoms with E-state index in [1.807, 2.05) is 91.9 Å². The second-order valence-corrected chi connectivity index (χ2v) is 15.1. The third-order valence-electron chi connectivity index (χ3n) is 11.3. The van der Waals surface area contributed by atoms with Gasteiger partial charge < -0.3 is 24.4 Å². The minimum absolute atomic E-state index is 0.0766. The summed E-state index contributed by atoms with van der Waals surface area (Å²) in [6, 6.07) is 21.3. The summed E-state index contributed by atoms with van der Waals surface area (Å²) in [6.45, 7) is 8.72. The molecule has 2 saturated heterocycles. The Hall–Kier alpha value is -6.21. The second-order valence-electron chi connectivity index (χ2n) is 15.1. The molecular weight excluding hydrogens is 721 g/mol. The fourth-order valence-corrected chi connectivity index (χ4v) is 8.39. The average Bonchev–Trinajstić information content (AvgIpc) is 3.66. The predicted octanol–water partition coefficient (Wildman–Crippen LogP) is 4.49. The van der Waals surface area contributed by atoms with Crippen molar-refractivity contribution in [2.45, 2.75) is 58.4 Å². The maximum absolute atomic E-state index is 14.7. The molecule has 57 heavy (non-hydrogen) atoms. The van der Waals surface area contributed by atoms with Gasteiger partial charge in [-0.15, -0.1) is 6.58 Å². The van der Waals surface area contributed by atoms with Crippen LogP contribution in [0.2, 0.25) is 0 Å². The van der Waals surface area contributed by atoms with E-state index in [1.54, 1.807) is 62.1 Å². The van der Waals surface area contributed by atoms with Gasteiger partial charge in [-0.3, -0.25) is 23.9 Å². The van der Waals surface area contributed by atoms with Gasteiger partial charge in [-0.1, -0.05) is 66.7 Å². The van der Waals surface area contributed by atoms with Crippen LogP contribution in [-0.4, -0.2) is 107 Å². The van der Waals surface area contributed by atoms with E-state index in [9.17, 15) is 24.3 Å². The third kappa shape index (κ3) is 7.67. The first-order chi connectivity index (χ1) is 27.4. The zero-order valence-electron chi connectivity index (χ0n) is 33.3. The van der Waals surface area contributed by atoms with E-state index in [2.05, 4.69) is 11.7 Å². The highest BCUT2D eigenvalue weighted by Gasteiger charge is 2.51. The number of para-hydroxylation sites is 1. The maximum atomic E-state index is 14.7. The molecule has 0 unspecified atom stereocenters. The number of rotatable bonds is 12. The number of nitrogens with zero attached hydrogens (tertiary/aromatic N) is 8. The van der Waals surface area contributed by atoms with Gasteiger partial charge in [0.1, 0.15) is 18.0 Å². The Morgan fingerprint density at radius 3 is 2.40 bits per heavy atom. The summed E-state index contributed by atoms with van der Waals surface area (Å²) in [5.41, 5.74) is 6.88. The summed E-state index contributed by atoms with van der Waals surface area (Å²) in [6.07, 6.45) is 3.66. The largest absolute Gasteiger partial charge is 0.508 e. The summed E-state index contributed by atoms with van der Waals surface area (Å²) in [5, 5.41) is 18.7. The fourth-order valence-electron chi connectivity index (χ4n) is 8.39. The van der Waals surface area contributed by atoms with Crippen LogP contribution in [0.15, 0.2) is 91.6 Å². The van der Waals surface area contributed by atoms with E-state index in [4.69, 9.17) is 0 Å². The van der Waals surface area contributed by atoms with Crippen LogP contribution in [0.25, 0.3) is 10.9 Å². The summed E-state index contributed by atoms with van der Waals surface area (Å²) >= 11 is 0. The molecule has 0 saturated carbocycles. The van der Waals surface area contributed by atoms with Crippen LogP contribution < -0.4 is 0 Å². The molecule has 1 N–H and O–H groups in total. The molecule has 0 bridgehead atoms. The van der Waals surface area contributed by atoms with Crippen molar-refractivity contribution >= 4 is 34.5 Å². The standard InChI is InChI=1S/C44H50N8O5/c1-7-22-50-28-41(55)51-38(23-32-16-19-34(53)20-17-32)44(57)49(27-39(51)52(50)40(54)21-18-31-12-9-8-10-13-31)24-33-14-11-15-35-37(26-46(4)42(33)35)43(56)47(5)25-36-29(2)45-48(6)30(36)3/h7-17,19-20,26,38-39,53H,1,18,21-25,27-28H2,2-6H3/t38-,39-/m0/s1. The first kappa shape index (κ1) is 39.0. The number of phenols is 1. The number of carbonyl (C=O) groups is 4. The van der Waals surface area contributed by atoms with Crippen LogP contribution >= 0.6 is 0 Å². The van der Waals surface area contributed by atoms with E-state index in [1.165, 1.54) is 0 Å². The quantitative estimate of drug-likeness (QED) is 0.185. The Kier molecular flexibility index (Phi) is 11.0. The lowest BCUT2D eigenvalue weighted by atomic mass is 9.97. The molecule has 2 fully saturated rings. The molecule has 2 aliphatic rings. The molecule has 7 rings (SSSR count). The number of aryl methyl sites for hydroxylation is 4. The van der Waals surface area contributed by atoms with Gasteiger partial charge in [0.2, 0.25) is 17.7 Å². The Morgan fingerprint density at radius 2 is 1.72 bits per heavy atom. The number of aromatic nitrogens is 3. The minimum Gasteiger partial charge on any atom is -0.508 e. The zero-order valence-corrected chi connectivity index (χ0v) is 33.3. The van der Waals surface area contributed by atoms with Gasteiger partial charge in [-0.2, -0.15) is 5.10 Å². The van der Waals surface area contributed by atoms with Gasteiger partial charge in [0.15, 0.2) is 0 Å². The zero-order chi connectivity index (χ0) is 40.5. The highest BCUT2D eigenvalue weighted by atomic mass is 16.3. The number of hydrazine groups is 1. The van der Waals surface area contributed by atoms with Gasteiger partial charge in [-0.05, 0) is 49.1 Å². The summed E-state index contributed by atoms with van der Waals surface area (Å²) in [5.74, 6) is -0.689. The number of piperazine rings is 1. The van der Waals surface area contributed by atoms with E-state index < -0.39 is 12.2 Å². The Bertz CT molecular complexity index is 2330. The number of fused-ring (bicyclic) bond motifs is 2. The van der Waals surface area contributed by atoms with Crippen LogP contribution in [0.5, 0.6) is 5.75 Å². The number of phenolic OH excluding ortho intramolecular Hbond substituents is 1. The third-order valence-corrected chi connectivity index (χ3v) is 11.3. The lowest BCUT2D eigenvalue weighted by molar-refractivity contribution is -0.205. The lowest BCUT2D eigenvalue weighted by Gasteiger charge is -2.55. The molecule has 3 aromatic carbocycles. The summed E-state index contributed by atoms with van der Waals surface area (Å²) in [7, 11) is 5.58. The fraction of sp³-hybridized carbons (Fsp3) is 0.341. The molecule has 4 amide bonds. The monoisotopic (exact) mass is 770 g/mol. The van der Waals surface area contributed by atoms with Crippen LogP contribution in [0.3, 0.4) is 0 Å².